The summed E-state index contributed by atoms with van der Waals surface area (Å²) in [5.74, 6) is -0.0307. The Kier molecular flexibility index (Phi) is 3.70. The molecule has 100 valence electrons. The van der Waals surface area contributed by atoms with Crippen molar-refractivity contribution >= 4 is 18.0 Å². The van der Waals surface area contributed by atoms with E-state index >= 15 is 0 Å². The molecule has 0 aliphatic carbocycles. The average molecular weight is 263 g/mol. The molecular weight excluding hydrogens is 250 g/mol. The number of nitrogens with two attached hydrogens (primary N) is 1. The van der Waals surface area contributed by atoms with E-state index in [2.05, 4.69) is 0 Å². The number of primary amides is 1. The van der Waals surface area contributed by atoms with E-state index in [0.29, 0.717) is 11.5 Å². The minimum absolute atomic E-state index is 0.195. The van der Waals surface area contributed by atoms with Crippen molar-refractivity contribution in [1.82, 2.24) is 0 Å². The monoisotopic (exact) mass is 263 g/mol. The van der Waals surface area contributed by atoms with Gasteiger partial charge in [-0.3, -0.25) is 4.79 Å². The topological polar surface area (TPSA) is 87.8 Å². The van der Waals surface area contributed by atoms with Gasteiger partial charge in [0.1, 0.15) is 0 Å². The number of ether oxygens (including phenoxy) is 3. The van der Waals surface area contributed by atoms with Crippen LogP contribution in [-0.4, -0.2) is 24.8 Å². The fourth-order valence-electron chi connectivity index (χ4n) is 1.45. The highest BCUT2D eigenvalue weighted by atomic mass is 16.7. The number of rotatable bonds is 4. The van der Waals surface area contributed by atoms with E-state index in [1.54, 1.807) is 24.3 Å². The van der Waals surface area contributed by atoms with Crippen LogP contribution in [0.3, 0.4) is 0 Å². The van der Waals surface area contributed by atoms with E-state index in [1.165, 1.54) is 13.0 Å². The van der Waals surface area contributed by atoms with Crippen LogP contribution in [0, 0.1) is 0 Å². The normalized spacial score (nSPS) is 14.4. The highest BCUT2D eigenvalue weighted by Crippen LogP contribution is 2.32. The Morgan fingerprint density at radius 1 is 1.37 bits per heavy atom. The molecule has 0 radical (unpaired) electrons. The largest absolute Gasteiger partial charge is 0.454 e. The van der Waals surface area contributed by atoms with Crippen molar-refractivity contribution in [3.05, 3.63) is 29.8 Å². The van der Waals surface area contributed by atoms with Crippen molar-refractivity contribution in [1.29, 1.82) is 0 Å². The highest BCUT2D eigenvalue weighted by molar-refractivity contribution is 5.90. The molecule has 1 aromatic rings. The predicted octanol–water partition coefficient (Wildman–Crippen LogP) is 0.845. The molecule has 6 heteroatoms. The molecule has 1 aliphatic rings. The standard InChI is InChI=1S/C13H13NO5/c1-8(13(14)16)19-12(15)5-3-9-2-4-10-11(6-9)18-7-17-10/h2-6,8H,7H2,1H3,(H2,14,16). The minimum Gasteiger partial charge on any atom is -0.454 e. The molecule has 1 unspecified atom stereocenters. The van der Waals surface area contributed by atoms with Gasteiger partial charge in [0, 0.05) is 6.08 Å². The Morgan fingerprint density at radius 3 is 2.84 bits per heavy atom. The van der Waals surface area contributed by atoms with E-state index < -0.39 is 18.0 Å². The lowest BCUT2D eigenvalue weighted by atomic mass is 10.2. The van der Waals surface area contributed by atoms with Crippen LogP contribution in [0.25, 0.3) is 6.08 Å². The smallest absolute Gasteiger partial charge is 0.331 e. The zero-order chi connectivity index (χ0) is 13.8. The molecule has 1 aromatic carbocycles. The Balaban J connectivity index is 1.98. The maximum absolute atomic E-state index is 11.4. The fraction of sp³-hybridized carbons (Fsp3) is 0.231. The lowest BCUT2D eigenvalue weighted by molar-refractivity contribution is -0.148. The number of esters is 1. The second kappa shape index (κ2) is 5.43. The van der Waals surface area contributed by atoms with Gasteiger partial charge in [-0.05, 0) is 30.7 Å². The average Bonchev–Trinajstić information content (AvgIpc) is 2.83. The minimum atomic E-state index is -0.950. The van der Waals surface area contributed by atoms with Crippen LogP contribution in [0.15, 0.2) is 24.3 Å². The summed E-state index contributed by atoms with van der Waals surface area (Å²) >= 11 is 0. The summed E-state index contributed by atoms with van der Waals surface area (Å²) in [5.41, 5.74) is 5.74. The summed E-state index contributed by atoms with van der Waals surface area (Å²) in [5, 5.41) is 0. The molecule has 1 aliphatic heterocycles. The third-order valence-electron chi connectivity index (χ3n) is 2.50. The first-order valence-electron chi connectivity index (χ1n) is 5.64. The maximum atomic E-state index is 11.4. The summed E-state index contributed by atoms with van der Waals surface area (Å²) in [4.78, 5) is 22.1. The van der Waals surface area contributed by atoms with E-state index in [-0.39, 0.29) is 6.79 Å². The summed E-state index contributed by atoms with van der Waals surface area (Å²) in [7, 11) is 0. The van der Waals surface area contributed by atoms with Gasteiger partial charge < -0.3 is 19.9 Å². The number of hydrogen-bond acceptors (Lipinski definition) is 5. The zero-order valence-electron chi connectivity index (χ0n) is 10.3. The SMILES string of the molecule is CC(OC(=O)C=Cc1ccc2c(c1)OCO2)C(N)=O. The second-order valence-corrected chi connectivity index (χ2v) is 3.93. The van der Waals surface area contributed by atoms with Crippen molar-refractivity contribution in [3.63, 3.8) is 0 Å². The molecule has 0 saturated heterocycles. The lowest BCUT2D eigenvalue weighted by Crippen LogP contribution is -2.29. The Morgan fingerprint density at radius 2 is 2.11 bits per heavy atom. The summed E-state index contributed by atoms with van der Waals surface area (Å²) in [6, 6.07) is 5.26. The third-order valence-corrected chi connectivity index (χ3v) is 2.50. The molecule has 6 nitrogen and oxygen atoms in total. The van der Waals surface area contributed by atoms with Crippen molar-refractivity contribution < 1.29 is 23.8 Å². The van der Waals surface area contributed by atoms with Gasteiger partial charge in [-0.15, -0.1) is 0 Å². The molecule has 1 amide bonds. The van der Waals surface area contributed by atoms with Crippen molar-refractivity contribution in [2.75, 3.05) is 6.79 Å². The first-order valence-corrected chi connectivity index (χ1v) is 5.64. The lowest BCUT2D eigenvalue weighted by Gasteiger charge is -2.06. The Bertz CT molecular complexity index is 538. The number of hydrogen-bond donors (Lipinski definition) is 1. The molecule has 0 saturated carbocycles. The van der Waals surface area contributed by atoms with Gasteiger partial charge in [0.15, 0.2) is 17.6 Å². The van der Waals surface area contributed by atoms with Gasteiger partial charge >= 0.3 is 5.97 Å². The van der Waals surface area contributed by atoms with Gasteiger partial charge in [0.2, 0.25) is 6.79 Å². The van der Waals surface area contributed by atoms with Gasteiger partial charge in [-0.1, -0.05) is 6.07 Å². The summed E-state index contributed by atoms with van der Waals surface area (Å²) in [6.45, 7) is 1.61. The molecule has 0 bridgehead atoms. The molecule has 2 rings (SSSR count). The third kappa shape index (κ3) is 3.25. The van der Waals surface area contributed by atoms with Crippen LogP contribution >= 0.6 is 0 Å². The van der Waals surface area contributed by atoms with Gasteiger partial charge in [0.25, 0.3) is 5.91 Å². The van der Waals surface area contributed by atoms with Crippen molar-refractivity contribution in [2.45, 2.75) is 13.0 Å². The number of amides is 1. The number of carbonyl (C=O) groups excluding carboxylic acids is 2. The van der Waals surface area contributed by atoms with Gasteiger partial charge in [-0.25, -0.2) is 4.79 Å². The summed E-state index contributed by atoms with van der Waals surface area (Å²) in [6.07, 6.45) is 1.82. The molecule has 1 heterocycles. The van der Waals surface area contributed by atoms with E-state index in [9.17, 15) is 9.59 Å². The van der Waals surface area contributed by atoms with Crippen LogP contribution in [0.2, 0.25) is 0 Å². The first-order chi connectivity index (χ1) is 9.06. The Hall–Kier alpha value is -2.50. The molecule has 19 heavy (non-hydrogen) atoms. The van der Waals surface area contributed by atoms with E-state index in [0.717, 1.165) is 5.56 Å². The molecule has 0 aromatic heterocycles. The van der Waals surface area contributed by atoms with Crippen LogP contribution in [-0.2, 0) is 14.3 Å². The van der Waals surface area contributed by atoms with Crippen LogP contribution in [0.1, 0.15) is 12.5 Å². The second-order valence-electron chi connectivity index (χ2n) is 3.93. The number of carbonyl (C=O) groups is 2. The van der Waals surface area contributed by atoms with Crippen LogP contribution < -0.4 is 15.2 Å². The molecule has 0 spiro atoms. The van der Waals surface area contributed by atoms with Crippen molar-refractivity contribution in [3.8, 4) is 11.5 Å². The molecule has 2 N–H and O–H groups in total. The number of fused-ring (bicyclic) bond motifs is 1. The maximum Gasteiger partial charge on any atom is 0.331 e. The first kappa shape index (κ1) is 12.9. The van der Waals surface area contributed by atoms with Crippen molar-refractivity contribution in [2.24, 2.45) is 5.73 Å². The molecule has 0 fully saturated rings. The van der Waals surface area contributed by atoms with Crippen LogP contribution in [0.5, 0.6) is 11.5 Å². The van der Waals surface area contributed by atoms with E-state index in [4.69, 9.17) is 19.9 Å². The van der Waals surface area contributed by atoms with Gasteiger partial charge in [0.05, 0.1) is 0 Å². The van der Waals surface area contributed by atoms with E-state index in [1.807, 2.05) is 0 Å². The molecule has 1 atom stereocenters. The predicted molar refractivity (Wildman–Crippen MR) is 66.3 cm³/mol. The quantitative estimate of drug-likeness (QED) is 0.642. The highest BCUT2D eigenvalue weighted by Gasteiger charge is 2.13. The Labute approximate surface area is 109 Å². The number of benzene rings is 1. The summed E-state index contributed by atoms with van der Waals surface area (Å²) < 4.78 is 15.1. The molecular formula is C13H13NO5. The van der Waals surface area contributed by atoms with Gasteiger partial charge in [-0.2, -0.15) is 0 Å². The van der Waals surface area contributed by atoms with Crippen LogP contribution in [0.4, 0.5) is 0 Å². The fourth-order valence-corrected chi connectivity index (χ4v) is 1.45. The zero-order valence-corrected chi connectivity index (χ0v) is 10.3.